The zero-order chi connectivity index (χ0) is 22.5. The molecule has 0 spiro atoms. The zero-order valence-corrected chi connectivity index (χ0v) is 18.4. The number of anilines is 1. The summed E-state index contributed by atoms with van der Waals surface area (Å²) in [5, 5.41) is 13.8. The molecule has 168 valence electrons. The highest BCUT2D eigenvalue weighted by Gasteiger charge is 2.20. The predicted octanol–water partition coefficient (Wildman–Crippen LogP) is 0.399. The fourth-order valence-corrected chi connectivity index (χ4v) is 3.25. The smallest absolute Gasteiger partial charge is 0.329 e. The van der Waals surface area contributed by atoms with E-state index in [1.165, 1.54) is 4.57 Å². The van der Waals surface area contributed by atoms with Crippen molar-refractivity contribution < 1.29 is 9.84 Å². The van der Waals surface area contributed by atoms with Gasteiger partial charge in [0.15, 0.2) is 11.2 Å². The largest absolute Gasteiger partial charge is 0.491 e. The lowest BCUT2D eigenvalue weighted by molar-refractivity contribution is 0.0938. The second-order valence-corrected chi connectivity index (χ2v) is 7.73. The highest BCUT2D eigenvalue weighted by atomic mass is 16.5. The van der Waals surface area contributed by atoms with Gasteiger partial charge in [-0.1, -0.05) is 19.1 Å². The summed E-state index contributed by atoms with van der Waals surface area (Å²) in [5.41, 5.74) is 0.537. The van der Waals surface area contributed by atoms with Gasteiger partial charge in [-0.15, -0.1) is 0 Å². The molecule has 10 heteroatoms. The van der Waals surface area contributed by atoms with Gasteiger partial charge in [-0.2, -0.15) is 4.98 Å². The van der Waals surface area contributed by atoms with Crippen molar-refractivity contribution in [3.05, 3.63) is 50.7 Å². The van der Waals surface area contributed by atoms with Crippen LogP contribution in [0.5, 0.6) is 5.75 Å². The fourth-order valence-electron chi connectivity index (χ4n) is 3.25. The van der Waals surface area contributed by atoms with Gasteiger partial charge in [-0.25, -0.2) is 4.79 Å². The molecule has 1 aromatic carbocycles. The van der Waals surface area contributed by atoms with Crippen LogP contribution in [0.25, 0.3) is 11.2 Å². The molecule has 0 fully saturated rings. The minimum atomic E-state index is -0.895. The van der Waals surface area contributed by atoms with Crippen molar-refractivity contribution in [1.82, 2.24) is 24.0 Å². The van der Waals surface area contributed by atoms with Crippen LogP contribution < -0.4 is 21.3 Å². The lowest BCUT2D eigenvalue weighted by Gasteiger charge is -2.17. The van der Waals surface area contributed by atoms with E-state index in [-0.39, 0.29) is 24.3 Å². The maximum atomic E-state index is 12.5. The van der Waals surface area contributed by atoms with Crippen LogP contribution in [-0.4, -0.2) is 69.0 Å². The number of imidazole rings is 1. The zero-order valence-electron chi connectivity index (χ0n) is 18.4. The molecule has 3 aromatic rings. The lowest BCUT2D eigenvalue weighted by Crippen LogP contribution is -2.31. The first-order valence-electron chi connectivity index (χ1n) is 10.3. The number of aliphatic hydroxyl groups excluding tert-OH is 1. The molecule has 0 saturated carbocycles. The number of hydrogen-bond donors (Lipinski definition) is 3. The molecule has 0 unspecified atom stereocenters. The van der Waals surface area contributed by atoms with Crippen molar-refractivity contribution >= 4 is 17.1 Å². The summed E-state index contributed by atoms with van der Waals surface area (Å²) >= 11 is 0. The first-order valence-corrected chi connectivity index (χ1v) is 10.3. The van der Waals surface area contributed by atoms with E-state index in [4.69, 9.17) is 4.74 Å². The van der Waals surface area contributed by atoms with Crippen LogP contribution in [-0.2, 0) is 20.0 Å². The lowest BCUT2D eigenvalue weighted by atomic mass is 10.2. The number of aryl methyl sites for hydroxylation is 2. The number of rotatable bonds is 10. The van der Waals surface area contributed by atoms with Gasteiger partial charge >= 0.3 is 5.69 Å². The van der Waals surface area contributed by atoms with Crippen molar-refractivity contribution in [3.8, 4) is 5.75 Å². The molecule has 3 rings (SSSR count). The van der Waals surface area contributed by atoms with Crippen LogP contribution in [0.3, 0.4) is 0 Å². The Morgan fingerprint density at radius 3 is 2.81 bits per heavy atom. The van der Waals surface area contributed by atoms with Crippen LogP contribution in [0.1, 0.15) is 12.5 Å². The predicted molar refractivity (Wildman–Crippen MR) is 120 cm³/mol. The number of aromatic amines is 1. The number of aromatic nitrogens is 4. The SMILES string of the molecule is CCc1cccc(OC[C@H](O)Cn2c(NCCN(C)C)nc3c2c(=O)[nH]c(=O)n3C)c1. The summed E-state index contributed by atoms with van der Waals surface area (Å²) in [5.74, 6) is 1.09. The van der Waals surface area contributed by atoms with Crippen molar-refractivity contribution in [2.75, 3.05) is 39.1 Å². The monoisotopic (exact) mass is 430 g/mol. The maximum absolute atomic E-state index is 12.5. The summed E-state index contributed by atoms with van der Waals surface area (Å²) in [7, 11) is 5.45. The average molecular weight is 431 g/mol. The number of benzene rings is 1. The Balaban J connectivity index is 1.85. The van der Waals surface area contributed by atoms with E-state index in [2.05, 4.69) is 22.2 Å². The fraction of sp³-hybridized carbons (Fsp3) is 0.476. The standard InChI is InChI=1S/C21H30N6O4/c1-5-14-7-6-8-16(11-14)31-13-15(28)12-27-17-18(26(4)21(30)24-19(17)29)23-20(27)22-9-10-25(2)3/h6-8,11,15,28H,5,9-10,12-13H2,1-4H3,(H,22,23)(H,24,29,30)/t15-/m1/s1. The topological polar surface area (TPSA) is 117 Å². The molecule has 2 aromatic heterocycles. The normalized spacial score (nSPS) is 12.5. The quantitative estimate of drug-likeness (QED) is 0.426. The molecule has 0 amide bonds. The molecule has 0 bridgehead atoms. The molecule has 1 atom stereocenters. The molecule has 2 heterocycles. The Kier molecular flexibility index (Phi) is 7.13. The summed E-state index contributed by atoms with van der Waals surface area (Å²) in [6, 6.07) is 7.71. The van der Waals surface area contributed by atoms with Gasteiger partial charge < -0.3 is 24.6 Å². The molecular formula is C21H30N6O4. The highest BCUT2D eigenvalue weighted by Crippen LogP contribution is 2.17. The van der Waals surface area contributed by atoms with Crippen LogP contribution in [0, 0.1) is 0 Å². The van der Waals surface area contributed by atoms with Gasteiger partial charge in [0, 0.05) is 20.1 Å². The molecule has 0 radical (unpaired) electrons. The van der Waals surface area contributed by atoms with Crippen LogP contribution in [0.15, 0.2) is 33.9 Å². The third kappa shape index (κ3) is 5.33. The van der Waals surface area contributed by atoms with Crippen molar-refractivity contribution in [3.63, 3.8) is 0 Å². The van der Waals surface area contributed by atoms with E-state index >= 15 is 0 Å². The van der Waals surface area contributed by atoms with Gasteiger partial charge in [-0.05, 0) is 38.2 Å². The maximum Gasteiger partial charge on any atom is 0.329 e. The van der Waals surface area contributed by atoms with E-state index in [9.17, 15) is 14.7 Å². The number of hydrogen-bond acceptors (Lipinski definition) is 7. The Bertz CT molecular complexity index is 1150. The number of fused-ring (bicyclic) bond motifs is 1. The van der Waals surface area contributed by atoms with Crippen LogP contribution >= 0.6 is 0 Å². The van der Waals surface area contributed by atoms with Crippen molar-refractivity contribution in [2.24, 2.45) is 7.05 Å². The number of nitrogens with one attached hydrogen (secondary N) is 2. The molecule has 3 N–H and O–H groups in total. The van der Waals surface area contributed by atoms with E-state index in [0.29, 0.717) is 18.2 Å². The van der Waals surface area contributed by atoms with Gasteiger partial charge in [0.05, 0.1) is 6.54 Å². The molecule has 0 aliphatic rings. The number of nitrogens with zero attached hydrogens (tertiary/aromatic N) is 4. The van der Waals surface area contributed by atoms with Crippen LogP contribution in [0.4, 0.5) is 5.95 Å². The Labute approximate surface area is 180 Å². The minimum absolute atomic E-state index is 0.0493. The number of likely N-dealkylation sites (N-methyl/N-ethyl adjacent to an activating group) is 1. The van der Waals surface area contributed by atoms with Crippen molar-refractivity contribution in [1.29, 1.82) is 0 Å². The minimum Gasteiger partial charge on any atom is -0.491 e. The number of ether oxygens (including phenoxy) is 1. The summed E-state index contributed by atoms with van der Waals surface area (Å²) in [4.78, 5) is 33.2. The summed E-state index contributed by atoms with van der Waals surface area (Å²) in [6.45, 7) is 3.52. The molecule has 0 aliphatic heterocycles. The molecule has 0 aliphatic carbocycles. The molecule has 31 heavy (non-hydrogen) atoms. The summed E-state index contributed by atoms with van der Waals surface area (Å²) < 4.78 is 8.62. The average Bonchev–Trinajstić information content (AvgIpc) is 3.09. The first kappa shape index (κ1) is 22.6. The van der Waals surface area contributed by atoms with Crippen molar-refractivity contribution in [2.45, 2.75) is 26.0 Å². The molecule has 10 nitrogen and oxygen atoms in total. The van der Waals surface area contributed by atoms with Crippen LogP contribution in [0.2, 0.25) is 0 Å². The van der Waals surface area contributed by atoms with Gasteiger partial charge in [0.1, 0.15) is 18.5 Å². The number of H-pyrrole nitrogens is 1. The molecule has 0 saturated heterocycles. The number of aliphatic hydroxyl groups is 1. The second-order valence-electron chi connectivity index (χ2n) is 7.73. The van der Waals surface area contributed by atoms with Gasteiger partial charge in [0.2, 0.25) is 5.95 Å². The Morgan fingerprint density at radius 1 is 1.32 bits per heavy atom. The third-order valence-electron chi connectivity index (χ3n) is 4.99. The van der Waals surface area contributed by atoms with E-state index in [1.807, 2.05) is 43.3 Å². The third-order valence-corrected chi connectivity index (χ3v) is 4.99. The Hall–Kier alpha value is -3.11. The summed E-state index contributed by atoms with van der Waals surface area (Å²) in [6.07, 6.45) is -0.00160. The first-order chi connectivity index (χ1) is 14.8. The van der Waals surface area contributed by atoms with E-state index in [1.54, 1.807) is 11.6 Å². The van der Waals surface area contributed by atoms with Gasteiger partial charge in [-0.3, -0.25) is 14.3 Å². The van der Waals surface area contributed by atoms with Gasteiger partial charge in [0.25, 0.3) is 5.56 Å². The Morgan fingerprint density at radius 2 is 2.10 bits per heavy atom. The highest BCUT2D eigenvalue weighted by molar-refractivity contribution is 5.74. The second kappa shape index (κ2) is 9.80. The van der Waals surface area contributed by atoms with E-state index in [0.717, 1.165) is 18.5 Å². The van der Waals surface area contributed by atoms with E-state index < -0.39 is 17.4 Å². The molecular weight excluding hydrogens is 400 g/mol.